The van der Waals surface area contributed by atoms with Gasteiger partial charge in [0.25, 0.3) is 11.8 Å². The van der Waals surface area contributed by atoms with Gasteiger partial charge in [-0.15, -0.1) is 0 Å². The summed E-state index contributed by atoms with van der Waals surface area (Å²) in [7, 11) is 2.34. The van der Waals surface area contributed by atoms with Gasteiger partial charge in [-0.1, -0.05) is 18.2 Å². The van der Waals surface area contributed by atoms with Crippen molar-refractivity contribution in [3.05, 3.63) is 70.3 Å². The molecule has 2 atom stereocenters. The summed E-state index contributed by atoms with van der Waals surface area (Å²) < 4.78 is 80.1. The van der Waals surface area contributed by atoms with Crippen molar-refractivity contribution in [3.8, 4) is 0 Å². The molecule has 31 heavy (non-hydrogen) atoms. The van der Waals surface area contributed by atoms with E-state index in [-0.39, 0.29) is 17.2 Å². The predicted octanol–water partition coefficient (Wildman–Crippen LogP) is 4.31. The first-order valence-corrected chi connectivity index (χ1v) is 8.84. The predicted molar refractivity (Wildman–Crippen MR) is 95.6 cm³/mol. The van der Waals surface area contributed by atoms with Crippen LogP contribution in [0.4, 0.5) is 26.3 Å². The molecular formula is C20H16F6N2O3. The van der Waals surface area contributed by atoms with E-state index >= 15 is 0 Å². The molecule has 2 aromatic carbocycles. The van der Waals surface area contributed by atoms with Crippen LogP contribution in [0.1, 0.15) is 44.6 Å². The van der Waals surface area contributed by atoms with Crippen LogP contribution in [0.3, 0.4) is 0 Å². The highest BCUT2D eigenvalue weighted by molar-refractivity contribution is 6.01. The highest BCUT2D eigenvalue weighted by atomic mass is 19.4. The second kappa shape index (κ2) is 7.88. The Morgan fingerprint density at radius 1 is 1.00 bits per heavy atom. The van der Waals surface area contributed by atoms with Crippen LogP contribution >= 0.6 is 0 Å². The van der Waals surface area contributed by atoms with Gasteiger partial charge in [-0.25, -0.2) is 5.48 Å². The van der Waals surface area contributed by atoms with Crippen molar-refractivity contribution < 1.29 is 40.8 Å². The molecule has 2 aromatic rings. The Hall–Kier alpha value is -3.08. The smallest absolute Gasteiger partial charge is 0.334 e. The van der Waals surface area contributed by atoms with E-state index in [0.29, 0.717) is 12.1 Å². The van der Waals surface area contributed by atoms with Gasteiger partial charge in [-0.05, 0) is 35.4 Å². The lowest BCUT2D eigenvalue weighted by Crippen LogP contribution is -2.45. The van der Waals surface area contributed by atoms with Crippen molar-refractivity contribution in [1.82, 2.24) is 10.4 Å². The Bertz CT molecular complexity index is 986. The van der Waals surface area contributed by atoms with Crippen LogP contribution in [0.2, 0.25) is 0 Å². The lowest BCUT2D eigenvalue weighted by atomic mass is 9.79. The van der Waals surface area contributed by atoms with Crippen LogP contribution < -0.4 is 5.48 Å². The highest BCUT2D eigenvalue weighted by Crippen LogP contribution is 2.45. The fourth-order valence-corrected chi connectivity index (χ4v) is 3.69. The van der Waals surface area contributed by atoms with E-state index in [1.54, 1.807) is 0 Å². The number of nitrogens with zero attached hydrogens (tertiary/aromatic N) is 1. The Morgan fingerprint density at radius 3 is 2.06 bits per heavy atom. The molecule has 0 bridgehead atoms. The molecule has 3 rings (SSSR count). The second-order valence-corrected chi connectivity index (χ2v) is 6.94. The fraction of sp³-hybridized carbons (Fsp3) is 0.300. The summed E-state index contributed by atoms with van der Waals surface area (Å²) >= 11 is 0. The number of hydroxylamine groups is 1. The third-order valence-corrected chi connectivity index (χ3v) is 5.02. The Labute approximate surface area is 172 Å². The maximum absolute atomic E-state index is 13.3. The number of nitrogens with one attached hydrogen (secondary N) is 1. The van der Waals surface area contributed by atoms with Gasteiger partial charge in [0, 0.05) is 12.6 Å². The number of halogens is 6. The molecule has 0 aromatic heterocycles. The van der Waals surface area contributed by atoms with Crippen molar-refractivity contribution in [3.63, 3.8) is 0 Å². The van der Waals surface area contributed by atoms with Crippen LogP contribution in [0.5, 0.6) is 0 Å². The van der Waals surface area contributed by atoms with Gasteiger partial charge in [0.05, 0.1) is 30.2 Å². The van der Waals surface area contributed by atoms with Crippen LogP contribution in [-0.4, -0.2) is 30.9 Å². The molecule has 166 valence electrons. The maximum Gasteiger partial charge on any atom is 0.416 e. The number of fused-ring (bicyclic) bond motifs is 1. The van der Waals surface area contributed by atoms with Crippen molar-refractivity contribution in [2.75, 3.05) is 14.2 Å². The monoisotopic (exact) mass is 446 g/mol. The molecular weight excluding hydrogens is 430 g/mol. The number of carbonyl (C=O) groups excluding carboxylic acids is 2. The van der Waals surface area contributed by atoms with Gasteiger partial charge in [-0.3, -0.25) is 14.4 Å². The summed E-state index contributed by atoms with van der Waals surface area (Å²) in [5.74, 6) is -2.79. The number of rotatable bonds is 3. The molecule has 0 saturated heterocycles. The first-order valence-electron chi connectivity index (χ1n) is 8.84. The third-order valence-electron chi connectivity index (χ3n) is 5.02. The minimum atomic E-state index is -5.07. The van der Waals surface area contributed by atoms with E-state index in [2.05, 4.69) is 10.3 Å². The molecule has 2 amide bonds. The zero-order valence-corrected chi connectivity index (χ0v) is 16.1. The van der Waals surface area contributed by atoms with Gasteiger partial charge >= 0.3 is 12.4 Å². The van der Waals surface area contributed by atoms with Gasteiger partial charge in [-0.2, -0.15) is 26.3 Å². The maximum atomic E-state index is 13.3. The summed E-state index contributed by atoms with van der Waals surface area (Å²) in [6, 6.07) is 5.47. The van der Waals surface area contributed by atoms with Gasteiger partial charge in [0.1, 0.15) is 0 Å². The van der Waals surface area contributed by atoms with Crippen molar-refractivity contribution in [1.29, 1.82) is 0 Å². The highest BCUT2D eigenvalue weighted by Gasteiger charge is 2.45. The van der Waals surface area contributed by atoms with Gasteiger partial charge in [0.2, 0.25) is 0 Å². The van der Waals surface area contributed by atoms with Crippen molar-refractivity contribution >= 4 is 11.8 Å². The summed E-state index contributed by atoms with van der Waals surface area (Å²) in [5.41, 5.74) is -1.23. The van der Waals surface area contributed by atoms with Crippen molar-refractivity contribution in [2.45, 2.75) is 24.3 Å². The van der Waals surface area contributed by atoms with Crippen LogP contribution in [0, 0.1) is 0 Å². The summed E-state index contributed by atoms with van der Waals surface area (Å²) in [6.45, 7) is 0. The summed E-state index contributed by atoms with van der Waals surface area (Å²) in [4.78, 5) is 31.1. The Kier molecular flexibility index (Phi) is 5.74. The van der Waals surface area contributed by atoms with Crippen LogP contribution in [-0.2, 0) is 22.0 Å². The minimum absolute atomic E-state index is 0.00761. The zero-order chi connectivity index (χ0) is 23.1. The molecule has 1 aliphatic rings. The number of hydrogen-bond acceptors (Lipinski definition) is 3. The Balaban J connectivity index is 2.28. The number of hydrogen-bond donors (Lipinski definition) is 1. The van der Waals surface area contributed by atoms with Crippen LogP contribution in [0.15, 0.2) is 42.5 Å². The van der Waals surface area contributed by atoms with E-state index in [1.807, 2.05) is 0 Å². The molecule has 1 aliphatic heterocycles. The minimum Gasteiger partial charge on any atom is -0.334 e. The molecule has 0 saturated carbocycles. The number of alkyl halides is 6. The third kappa shape index (κ3) is 4.22. The zero-order valence-electron chi connectivity index (χ0n) is 16.1. The topological polar surface area (TPSA) is 58.6 Å². The molecule has 0 spiro atoms. The molecule has 11 heteroatoms. The van der Waals surface area contributed by atoms with E-state index in [1.165, 1.54) is 31.3 Å². The standard InChI is InChI=1S/C20H16F6N2O3/c1-28-16(10-7-11(19(21,22)23)9-12(8-10)20(24,25)26)15(17(29)27-31-2)13-5-3-4-6-14(13)18(28)30/h3-9,15-16H,1-2H3,(H,27,29). The van der Waals surface area contributed by atoms with Gasteiger partial charge < -0.3 is 4.90 Å². The lowest BCUT2D eigenvalue weighted by molar-refractivity contribution is -0.143. The second-order valence-electron chi connectivity index (χ2n) is 6.94. The average molecular weight is 446 g/mol. The van der Waals surface area contributed by atoms with E-state index in [4.69, 9.17) is 0 Å². The SMILES string of the molecule is CONC(=O)C1c2ccccc2C(=O)N(C)C1c1cc(C(F)(F)F)cc(C(F)(F)F)c1. The normalized spacial score (nSPS) is 19.2. The number of likely N-dealkylation sites (N-methyl/N-ethyl adjacent to an activating group) is 1. The van der Waals surface area contributed by atoms with E-state index < -0.39 is 52.8 Å². The molecule has 5 nitrogen and oxygen atoms in total. The molecule has 2 unspecified atom stereocenters. The van der Waals surface area contributed by atoms with E-state index in [9.17, 15) is 35.9 Å². The number of amides is 2. The first-order chi connectivity index (χ1) is 14.4. The first kappa shape index (κ1) is 22.6. The average Bonchev–Trinajstić information content (AvgIpc) is 2.69. The van der Waals surface area contributed by atoms with Crippen molar-refractivity contribution in [2.24, 2.45) is 0 Å². The lowest BCUT2D eigenvalue weighted by Gasteiger charge is -2.40. The number of carbonyl (C=O) groups is 2. The number of benzene rings is 2. The van der Waals surface area contributed by atoms with Gasteiger partial charge in [0.15, 0.2) is 0 Å². The van der Waals surface area contributed by atoms with Crippen LogP contribution in [0.25, 0.3) is 0 Å². The van der Waals surface area contributed by atoms with E-state index in [0.717, 1.165) is 12.0 Å². The Morgan fingerprint density at radius 2 is 1.55 bits per heavy atom. The molecule has 0 fully saturated rings. The molecule has 0 radical (unpaired) electrons. The fourth-order valence-electron chi connectivity index (χ4n) is 3.69. The quantitative estimate of drug-likeness (QED) is 0.565. The summed E-state index contributed by atoms with van der Waals surface area (Å²) in [6.07, 6.45) is -10.1. The summed E-state index contributed by atoms with van der Waals surface area (Å²) in [5, 5.41) is 0. The molecule has 1 N–H and O–H groups in total. The molecule has 0 aliphatic carbocycles. The largest absolute Gasteiger partial charge is 0.416 e. The molecule has 1 heterocycles.